The van der Waals surface area contributed by atoms with Crippen molar-refractivity contribution >= 4 is 0 Å². The van der Waals surface area contributed by atoms with E-state index in [0.29, 0.717) is 19.0 Å². The molecule has 1 saturated heterocycles. The molecule has 2 rings (SSSR count). The maximum atomic E-state index is 13.3. The standard InChI is InChI=1S/C15H23FN2O2/c1-2-6-17-9-12-8-13(16)10-18-15(12)20-11-14-5-3-4-7-19-14/h8,10,14,17H,2-7,9,11H2,1H3. The Labute approximate surface area is 119 Å². The molecule has 1 fully saturated rings. The molecule has 0 spiro atoms. The highest BCUT2D eigenvalue weighted by molar-refractivity contribution is 5.26. The maximum absolute atomic E-state index is 13.3. The molecule has 0 aliphatic carbocycles. The zero-order valence-corrected chi connectivity index (χ0v) is 12.0. The van der Waals surface area contributed by atoms with Crippen molar-refractivity contribution < 1.29 is 13.9 Å². The molecule has 1 aromatic heterocycles. The van der Waals surface area contributed by atoms with Crippen LogP contribution >= 0.6 is 0 Å². The van der Waals surface area contributed by atoms with Crippen LogP contribution in [0.1, 0.15) is 38.2 Å². The van der Waals surface area contributed by atoms with Crippen molar-refractivity contribution in [2.24, 2.45) is 0 Å². The van der Waals surface area contributed by atoms with Gasteiger partial charge in [0.15, 0.2) is 0 Å². The molecule has 0 amide bonds. The summed E-state index contributed by atoms with van der Waals surface area (Å²) >= 11 is 0. The van der Waals surface area contributed by atoms with Gasteiger partial charge >= 0.3 is 0 Å². The zero-order valence-electron chi connectivity index (χ0n) is 12.0. The zero-order chi connectivity index (χ0) is 14.2. The van der Waals surface area contributed by atoms with Gasteiger partial charge in [-0.05, 0) is 38.3 Å². The second-order valence-electron chi connectivity index (χ2n) is 5.09. The van der Waals surface area contributed by atoms with Crippen LogP contribution in [0.5, 0.6) is 5.88 Å². The van der Waals surface area contributed by atoms with Crippen LogP contribution in [0.3, 0.4) is 0 Å². The van der Waals surface area contributed by atoms with Gasteiger partial charge < -0.3 is 14.8 Å². The SMILES string of the molecule is CCCNCc1cc(F)cnc1OCC1CCCCO1. The Morgan fingerprint density at radius 2 is 2.40 bits per heavy atom. The van der Waals surface area contributed by atoms with E-state index >= 15 is 0 Å². The summed E-state index contributed by atoms with van der Waals surface area (Å²) in [5.41, 5.74) is 0.759. The number of aromatic nitrogens is 1. The van der Waals surface area contributed by atoms with Crippen molar-refractivity contribution in [1.82, 2.24) is 10.3 Å². The first-order valence-corrected chi connectivity index (χ1v) is 7.39. The van der Waals surface area contributed by atoms with E-state index in [9.17, 15) is 4.39 Å². The number of rotatable bonds is 7. The van der Waals surface area contributed by atoms with Crippen molar-refractivity contribution in [3.05, 3.63) is 23.6 Å². The van der Waals surface area contributed by atoms with Crippen LogP contribution in [-0.2, 0) is 11.3 Å². The van der Waals surface area contributed by atoms with Gasteiger partial charge in [-0.3, -0.25) is 0 Å². The van der Waals surface area contributed by atoms with E-state index in [1.54, 1.807) is 0 Å². The van der Waals surface area contributed by atoms with Gasteiger partial charge in [0.25, 0.3) is 0 Å². The molecule has 1 aliphatic heterocycles. The number of nitrogens with zero attached hydrogens (tertiary/aromatic N) is 1. The first-order chi connectivity index (χ1) is 9.79. The molecular weight excluding hydrogens is 259 g/mol. The Bertz CT molecular complexity index is 409. The second kappa shape index (κ2) is 8.17. The summed E-state index contributed by atoms with van der Waals surface area (Å²) in [7, 11) is 0. The number of ether oxygens (including phenoxy) is 2. The molecule has 0 saturated carbocycles. The Hall–Kier alpha value is -1.20. The van der Waals surface area contributed by atoms with Crippen molar-refractivity contribution in [2.75, 3.05) is 19.8 Å². The molecule has 1 N–H and O–H groups in total. The van der Waals surface area contributed by atoms with Gasteiger partial charge in [-0.1, -0.05) is 6.92 Å². The van der Waals surface area contributed by atoms with Crippen LogP contribution in [0.4, 0.5) is 4.39 Å². The maximum Gasteiger partial charge on any atom is 0.218 e. The van der Waals surface area contributed by atoms with Crippen molar-refractivity contribution in [3.8, 4) is 5.88 Å². The highest BCUT2D eigenvalue weighted by atomic mass is 19.1. The predicted molar refractivity (Wildman–Crippen MR) is 75.3 cm³/mol. The van der Waals surface area contributed by atoms with E-state index in [1.807, 2.05) is 0 Å². The summed E-state index contributed by atoms with van der Waals surface area (Å²) in [5, 5.41) is 3.24. The fraction of sp³-hybridized carbons (Fsp3) is 0.667. The third-order valence-electron chi connectivity index (χ3n) is 3.31. The van der Waals surface area contributed by atoms with Crippen LogP contribution in [-0.4, -0.2) is 30.8 Å². The van der Waals surface area contributed by atoms with Gasteiger partial charge in [0, 0.05) is 18.7 Å². The highest BCUT2D eigenvalue weighted by Crippen LogP contribution is 2.19. The summed E-state index contributed by atoms with van der Waals surface area (Å²) in [5.74, 6) is 0.170. The lowest BCUT2D eigenvalue weighted by molar-refractivity contribution is -0.0121. The van der Waals surface area contributed by atoms with Gasteiger partial charge in [-0.2, -0.15) is 0 Å². The van der Waals surface area contributed by atoms with Crippen molar-refractivity contribution in [1.29, 1.82) is 0 Å². The molecule has 4 nitrogen and oxygen atoms in total. The minimum absolute atomic E-state index is 0.132. The molecule has 0 bridgehead atoms. The molecule has 20 heavy (non-hydrogen) atoms. The predicted octanol–water partition coefficient (Wildman–Crippen LogP) is 2.67. The monoisotopic (exact) mass is 282 g/mol. The average molecular weight is 282 g/mol. The molecule has 1 atom stereocenters. The van der Waals surface area contributed by atoms with E-state index < -0.39 is 0 Å². The molecule has 1 unspecified atom stereocenters. The Kier molecular flexibility index (Phi) is 6.21. The van der Waals surface area contributed by atoms with Crippen LogP contribution in [0.2, 0.25) is 0 Å². The van der Waals surface area contributed by atoms with E-state index in [0.717, 1.165) is 38.0 Å². The summed E-state index contributed by atoms with van der Waals surface area (Å²) < 4.78 is 24.6. The summed E-state index contributed by atoms with van der Waals surface area (Å²) in [6.45, 7) is 4.84. The Balaban J connectivity index is 1.91. The van der Waals surface area contributed by atoms with Crippen LogP contribution in [0, 0.1) is 5.82 Å². The molecule has 2 heterocycles. The molecule has 1 aromatic rings. The van der Waals surface area contributed by atoms with Crippen LogP contribution in [0.25, 0.3) is 0 Å². The van der Waals surface area contributed by atoms with Crippen molar-refractivity contribution in [3.63, 3.8) is 0 Å². The van der Waals surface area contributed by atoms with Crippen LogP contribution in [0.15, 0.2) is 12.3 Å². The van der Waals surface area contributed by atoms with Gasteiger partial charge in [0.05, 0.1) is 12.3 Å². The normalized spacial score (nSPS) is 19.0. The number of hydrogen-bond acceptors (Lipinski definition) is 4. The Morgan fingerprint density at radius 1 is 1.50 bits per heavy atom. The summed E-state index contributed by atoms with van der Waals surface area (Å²) in [6.07, 6.45) is 5.68. The van der Waals surface area contributed by atoms with E-state index in [-0.39, 0.29) is 11.9 Å². The minimum atomic E-state index is -0.334. The largest absolute Gasteiger partial charge is 0.475 e. The van der Waals surface area contributed by atoms with Crippen LogP contribution < -0.4 is 10.1 Å². The number of nitrogens with one attached hydrogen (secondary N) is 1. The number of halogens is 1. The van der Waals surface area contributed by atoms with Gasteiger partial charge in [-0.25, -0.2) is 9.37 Å². The fourth-order valence-corrected chi connectivity index (χ4v) is 2.24. The van der Waals surface area contributed by atoms with E-state index in [2.05, 4.69) is 17.2 Å². The summed E-state index contributed by atoms with van der Waals surface area (Å²) in [4.78, 5) is 4.05. The lowest BCUT2D eigenvalue weighted by Crippen LogP contribution is -2.26. The lowest BCUT2D eigenvalue weighted by atomic mass is 10.1. The highest BCUT2D eigenvalue weighted by Gasteiger charge is 2.16. The smallest absolute Gasteiger partial charge is 0.218 e. The van der Waals surface area contributed by atoms with Crippen molar-refractivity contribution in [2.45, 2.75) is 45.3 Å². The minimum Gasteiger partial charge on any atom is -0.475 e. The lowest BCUT2D eigenvalue weighted by Gasteiger charge is -2.22. The second-order valence-corrected chi connectivity index (χ2v) is 5.09. The topological polar surface area (TPSA) is 43.4 Å². The summed E-state index contributed by atoms with van der Waals surface area (Å²) in [6, 6.07) is 1.48. The van der Waals surface area contributed by atoms with E-state index in [1.165, 1.54) is 18.7 Å². The molecule has 0 aromatic carbocycles. The molecule has 112 valence electrons. The number of pyridine rings is 1. The van der Waals surface area contributed by atoms with E-state index in [4.69, 9.17) is 9.47 Å². The number of hydrogen-bond donors (Lipinski definition) is 1. The molecular formula is C15H23FN2O2. The average Bonchev–Trinajstić information content (AvgIpc) is 2.48. The first kappa shape index (κ1) is 15.2. The fourth-order valence-electron chi connectivity index (χ4n) is 2.24. The van der Waals surface area contributed by atoms with Gasteiger partial charge in [-0.15, -0.1) is 0 Å². The van der Waals surface area contributed by atoms with Gasteiger partial charge in [0.2, 0.25) is 5.88 Å². The Morgan fingerprint density at radius 3 is 3.15 bits per heavy atom. The molecule has 0 radical (unpaired) electrons. The van der Waals surface area contributed by atoms with Gasteiger partial charge in [0.1, 0.15) is 12.4 Å². The first-order valence-electron chi connectivity index (χ1n) is 7.39. The quantitative estimate of drug-likeness (QED) is 0.781. The third kappa shape index (κ3) is 4.72. The molecule has 5 heteroatoms. The molecule has 1 aliphatic rings. The third-order valence-corrected chi connectivity index (χ3v) is 3.31.